The second-order valence-electron chi connectivity index (χ2n) is 33.0. The molecule has 0 N–H and O–H groups in total. The van der Waals surface area contributed by atoms with Crippen LogP contribution < -0.4 is 14.7 Å². The molecule has 0 aliphatic heterocycles. The molecule has 0 aromatic heterocycles. The second kappa shape index (κ2) is 35.1. The molecule has 3 aliphatic carbocycles. The third-order valence-corrected chi connectivity index (χ3v) is 25.7. The smallest absolute Gasteiger partial charge is 0.0467 e. The van der Waals surface area contributed by atoms with Crippen molar-refractivity contribution in [2.75, 3.05) is 14.7 Å². The lowest BCUT2D eigenvalue weighted by Gasteiger charge is -2.33. The fourth-order valence-corrected chi connectivity index (χ4v) is 19.5. The highest BCUT2D eigenvalue weighted by atomic mass is 15.2. The highest BCUT2D eigenvalue weighted by molar-refractivity contribution is 5.91. The standard InChI is InChI=1S/C112H111N3/c1-5-9-13-29-72-111(73-30-14-10-6-2)107-78-90(83-48-60-98(61-49-83)113(94-35-21-17-22-36-94)95-37-23-18-24-38-95)56-68-103(107)105-70-58-92(80-109(105)111)85-52-64-100(65-53-85)115(102-43-33-34-87(77-102)89-47-45-82-44-46-88(82)76-89)101-66-54-86(55-67-101)93-59-71-106-104-69-57-91(79-108(104)112(110(106)81-93,74-31-15-11-7-3)75-32-16-12-8-4)84-50-62-99(63-51-84)114(96-39-25-19-26-40-96)97-41-27-20-28-42-97/h17-28,33-43,45,47-71,76-81H,5-16,29-32,44,46,72-75H2,1-4H3. The molecule has 0 unspecified atom stereocenters. The third-order valence-electron chi connectivity index (χ3n) is 25.7. The van der Waals surface area contributed by atoms with Crippen molar-refractivity contribution in [3.8, 4) is 77.9 Å². The molecule has 3 nitrogen and oxygen atoms in total. The Hall–Kier alpha value is -11.5. The summed E-state index contributed by atoms with van der Waals surface area (Å²) >= 11 is 0. The topological polar surface area (TPSA) is 9.72 Å². The first kappa shape index (κ1) is 76.1. The van der Waals surface area contributed by atoms with Gasteiger partial charge in [0.1, 0.15) is 0 Å². The molecule has 14 aromatic carbocycles. The van der Waals surface area contributed by atoms with Gasteiger partial charge < -0.3 is 14.7 Å². The number of anilines is 9. The Morgan fingerprint density at radius 3 is 0.713 bits per heavy atom. The van der Waals surface area contributed by atoms with Crippen molar-refractivity contribution in [1.29, 1.82) is 0 Å². The molecule has 115 heavy (non-hydrogen) atoms. The number of benzene rings is 14. The highest BCUT2D eigenvalue weighted by Crippen LogP contribution is 2.59. The van der Waals surface area contributed by atoms with E-state index in [9.17, 15) is 0 Å². The fourth-order valence-electron chi connectivity index (χ4n) is 19.5. The van der Waals surface area contributed by atoms with Crippen LogP contribution in [0.1, 0.15) is 189 Å². The zero-order chi connectivity index (χ0) is 77.9. The first-order valence-electron chi connectivity index (χ1n) is 43.7. The molecule has 0 heterocycles. The molecule has 0 amide bonds. The molecule has 0 radical (unpaired) electrons. The van der Waals surface area contributed by atoms with Crippen LogP contribution in [0.25, 0.3) is 77.9 Å². The maximum Gasteiger partial charge on any atom is 0.0467 e. The molecule has 574 valence electrons. The second-order valence-corrected chi connectivity index (χ2v) is 33.0. The van der Waals surface area contributed by atoms with Crippen LogP contribution in [0.4, 0.5) is 51.2 Å². The van der Waals surface area contributed by atoms with Crippen LogP contribution in [0.2, 0.25) is 0 Å². The van der Waals surface area contributed by atoms with Crippen LogP contribution in [0, 0.1) is 0 Å². The van der Waals surface area contributed by atoms with Crippen LogP contribution in [0.15, 0.2) is 334 Å². The summed E-state index contributed by atoms with van der Waals surface area (Å²) in [5.41, 5.74) is 37.4. The quantitative estimate of drug-likeness (QED) is 0.0372. The lowest BCUT2D eigenvalue weighted by Crippen LogP contribution is -2.25. The zero-order valence-corrected chi connectivity index (χ0v) is 68.2. The number of hydrogen-bond donors (Lipinski definition) is 0. The van der Waals surface area contributed by atoms with Crippen molar-refractivity contribution in [3.63, 3.8) is 0 Å². The van der Waals surface area contributed by atoms with Crippen molar-refractivity contribution in [1.82, 2.24) is 0 Å². The van der Waals surface area contributed by atoms with Crippen LogP contribution in [-0.2, 0) is 23.7 Å². The number of aryl methyl sites for hydroxylation is 2. The predicted molar refractivity (Wildman–Crippen MR) is 493 cm³/mol. The molecular formula is C112H111N3. The molecule has 3 heteroatoms. The van der Waals surface area contributed by atoms with Gasteiger partial charge in [-0.1, -0.05) is 331 Å². The van der Waals surface area contributed by atoms with Gasteiger partial charge in [0.05, 0.1) is 0 Å². The summed E-state index contributed by atoms with van der Waals surface area (Å²) in [6.07, 6.45) is 26.7. The normalized spacial score (nSPS) is 13.1. The highest BCUT2D eigenvalue weighted by Gasteiger charge is 2.45. The number of nitrogens with zero attached hydrogens (tertiary/aromatic N) is 3. The van der Waals surface area contributed by atoms with E-state index in [-0.39, 0.29) is 10.8 Å². The molecule has 14 aromatic rings. The van der Waals surface area contributed by atoms with Gasteiger partial charge in [0, 0.05) is 62.0 Å². The SMILES string of the molecule is CCCCCCC1(CCCCCC)c2cc(-c3ccc(N(c4ccccc4)c4ccccc4)cc3)ccc2-c2ccc(-c3ccc(N(c4ccc(-c5ccc6c(c5)C(CCCCCC)(CCCCCC)c5cc(-c7ccc(N(c8ccccc8)c8ccccc8)cc7)ccc5-6)cc4)c4cccc(-c5ccc6c(c5)CC6)c4)cc3)cc21. The largest absolute Gasteiger partial charge is 0.311 e. The number of rotatable bonds is 34. The van der Waals surface area contributed by atoms with Crippen LogP contribution in [0.5, 0.6) is 0 Å². The Labute approximate surface area is 686 Å². The predicted octanol–water partition coefficient (Wildman–Crippen LogP) is 32.9. The molecule has 0 saturated carbocycles. The third kappa shape index (κ3) is 15.7. The lowest BCUT2D eigenvalue weighted by atomic mass is 9.70. The first-order valence-corrected chi connectivity index (χ1v) is 43.7. The number of fused-ring (bicyclic) bond motifs is 7. The van der Waals surface area contributed by atoms with Gasteiger partial charge in [-0.25, -0.2) is 0 Å². The van der Waals surface area contributed by atoms with Crippen LogP contribution in [-0.4, -0.2) is 0 Å². The Bertz CT molecular complexity index is 5180. The lowest BCUT2D eigenvalue weighted by molar-refractivity contribution is 0.401. The minimum absolute atomic E-state index is 0.103. The fraction of sp³-hybridized carbons (Fsp3) is 0.250. The van der Waals surface area contributed by atoms with Gasteiger partial charge in [-0.2, -0.15) is 0 Å². The molecule has 0 saturated heterocycles. The molecular weight excluding hydrogens is 1390 g/mol. The molecule has 0 atom stereocenters. The van der Waals surface area contributed by atoms with E-state index in [4.69, 9.17) is 0 Å². The van der Waals surface area contributed by atoms with Gasteiger partial charge in [0.25, 0.3) is 0 Å². The Morgan fingerprint density at radius 1 is 0.191 bits per heavy atom. The molecule has 0 bridgehead atoms. The summed E-state index contributed by atoms with van der Waals surface area (Å²) in [7, 11) is 0. The van der Waals surface area contributed by atoms with Gasteiger partial charge in [-0.05, 0) is 283 Å². The van der Waals surface area contributed by atoms with Gasteiger partial charge in [0.2, 0.25) is 0 Å². The summed E-state index contributed by atoms with van der Waals surface area (Å²) < 4.78 is 0. The Morgan fingerprint density at radius 2 is 0.435 bits per heavy atom. The van der Waals surface area contributed by atoms with Gasteiger partial charge in [-0.3, -0.25) is 0 Å². The van der Waals surface area contributed by atoms with E-state index in [1.165, 1.54) is 220 Å². The van der Waals surface area contributed by atoms with E-state index in [0.717, 1.165) is 83.3 Å². The maximum atomic E-state index is 2.62. The molecule has 3 aliphatic rings. The van der Waals surface area contributed by atoms with Crippen molar-refractivity contribution in [3.05, 3.63) is 367 Å². The van der Waals surface area contributed by atoms with Crippen molar-refractivity contribution < 1.29 is 0 Å². The van der Waals surface area contributed by atoms with Gasteiger partial charge in [0.15, 0.2) is 0 Å². The summed E-state index contributed by atoms with van der Waals surface area (Å²) in [4.78, 5) is 7.21. The number of unbranched alkanes of at least 4 members (excludes halogenated alkanes) is 12. The van der Waals surface area contributed by atoms with Crippen molar-refractivity contribution in [2.45, 2.75) is 180 Å². The van der Waals surface area contributed by atoms with Crippen molar-refractivity contribution >= 4 is 51.2 Å². The van der Waals surface area contributed by atoms with E-state index in [1.54, 1.807) is 0 Å². The summed E-state index contributed by atoms with van der Waals surface area (Å²) in [6.45, 7) is 9.39. The minimum Gasteiger partial charge on any atom is -0.311 e. The van der Waals surface area contributed by atoms with E-state index in [2.05, 4.69) is 376 Å². The van der Waals surface area contributed by atoms with Crippen LogP contribution >= 0.6 is 0 Å². The molecule has 0 fully saturated rings. The van der Waals surface area contributed by atoms with E-state index in [1.807, 2.05) is 0 Å². The van der Waals surface area contributed by atoms with Crippen molar-refractivity contribution in [2.24, 2.45) is 0 Å². The first-order chi connectivity index (χ1) is 56.8. The number of para-hydroxylation sites is 4. The van der Waals surface area contributed by atoms with E-state index >= 15 is 0 Å². The Kier molecular flexibility index (Phi) is 23.2. The van der Waals surface area contributed by atoms with Gasteiger partial charge in [-0.15, -0.1) is 0 Å². The minimum atomic E-state index is -0.103. The summed E-state index contributed by atoms with van der Waals surface area (Å²) in [6, 6.07) is 127. The maximum absolute atomic E-state index is 2.62. The monoisotopic (exact) mass is 1500 g/mol. The molecule has 0 spiro atoms. The summed E-state index contributed by atoms with van der Waals surface area (Å²) in [5.74, 6) is 0. The zero-order valence-electron chi connectivity index (χ0n) is 68.2. The summed E-state index contributed by atoms with van der Waals surface area (Å²) in [5, 5.41) is 0. The van der Waals surface area contributed by atoms with E-state index in [0.29, 0.717) is 0 Å². The Balaban J connectivity index is 0.708. The van der Waals surface area contributed by atoms with E-state index < -0.39 is 0 Å². The van der Waals surface area contributed by atoms with Crippen LogP contribution in [0.3, 0.4) is 0 Å². The number of hydrogen-bond acceptors (Lipinski definition) is 3. The molecule has 17 rings (SSSR count). The average Bonchev–Trinajstić information content (AvgIpc) is 1.57. The van der Waals surface area contributed by atoms with Gasteiger partial charge >= 0.3 is 0 Å². The average molecular weight is 1500 g/mol.